The Kier molecular flexibility index (Phi) is 4.43. The van der Waals surface area contributed by atoms with Crippen molar-refractivity contribution in [1.29, 1.82) is 0 Å². The monoisotopic (exact) mass is 317 g/mol. The van der Waals surface area contributed by atoms with E-state index in [2.05, 4.69) is 67.0 Å². The summed E-state index contributed by atoms with van der Waals surface area (Å²) in [7, 11) is 0. The summed E-state index contributed by atoms with van der Waals surface area (Å²) in [4.78, 5) is 0. The van der Waals surface area contributed by atoms with Gasteiger partial charge in [-0.1, -0.05) is 40.2 Å². The molecule has 0 spiro atoms. The number of nitrogens with two attached hydrogens (primary N) is 1. The summed E-state index contributed by atoms with van der Waals surface area (Å²) in [5, 5.41) is 0. The second-order valence-electron chi connectivity index (χ2n) is 5.23. The molecule has 0 amide bonds. The third-order valence-corrected chi connectivity index (χ3v) is 4.12. The normalized spacial score (nSPS) is 12.5. The van der Waals surface area contributed by atoms with Crippen molar-refractivity contribution in [3.8, 4) is 0 Å². The van der Waals surface area contributed by atoms with Crippen LogP contribution in [0.3, 0.4) is 0 Å². The molecule has 2 heteroatoms. The molecule has 2 rings (SSSR count). The van der Waals surface area contributed by atoms with Gasteiger partial charge in [-0.3, -0.25) is 0 Å². The Hall–Kier alpha value is -1.12. The fourth-order valence-electron chi connectivity index (χ4n) is 2.41. The molecule has 0 saturated carbocycles. The molecule has 1 nitrogen and oxygen atoms in total. The van der Waals surface area contributed by atoms with Crippen molar-refractivity contribution >= 4 is 15.9 Å². The highest BCUT2D eigenvalue weighted by Crippen LogP contribution is 2.24. The van der Waals surface area contributed by atoms with Crippen LogP contribution in [0.15, 0.2) is 40.9 Å². The van der Waals surface area contributed by atoms with Crippen LogP contribution < -0.4 is 5.73 Å². The quantitative estimate of drug-likeness (QED) is 0.878. The van der Waals surface area contributed by atoms with Gasteiger partial charge in [0.1, 0.15) is 0 Å². The Balaban J connectivity index is 2.25. The number of halogens is 1. The predicted octanol–water partition coefficient (Wildman–Crippen LogP) is 4.62. The summed E-state index contributed by atoms with van der Waals surface area (Å²) >= 11 is 3.50. The molecule has 19 heavy (non-hydrogen) atoms. The summed E-state index contributed by atoms with van der Waals surface area (Å²) in [6.07, 6.45) is 0.864. The number of benzene rings is 2. The van der Waals surface area contributed by atoms with Crippen LogP contribution in [0, 0.1) is 20.8 Å². The molecular formula is C17H20BrN. The van der Waals surface area contributed by atoms with E-state index in [0.717, 1.165) is 10.9 Å². The van der Waals surface area contributed by atoms with Crippen molar-refractivity contribution in [3.63, 3.8) is 0 Å². The summed E-state index contributed by atoms with van der Waals surface area (Å²) in [5.74, 6) is 0. The second kappa shape index (κ2) is 5.89. The van der Waals surface area contributed by atoms with E-state index < -0.39 is 0 Å². The van der Waals surface area contributed by atoms with Crippen molar-refractivity contribution < 1.29 is 0 Å². The van der Waals surface area contributed by atoms with Crippen molar-refractivity contribution in [2.24, 2.45) is 5.73 Å². The smallest absolute Gasteiger partial charge is 0.0338 e. The molecule has 0 bridgehead atoms. The summed E-state index contributed by atoms with van der Waals surface area (Å²) in [5.41, 5.74) is 12.8. The van der Waals surface area contributed by atoms with Gasteiger partial charge in [0, 0.05) is 10.5 Å². The topological polar surface area (TPSA) is 26.0 Å². The first-order valence-electron chi connectivity index (χ1n) is 6.55. The van der Waals surface area contributed by atoms with Gasteiger partial charge in [0.05, 0.1) is 0 Å². The average Bonchev–Trinajstić information content (AvgIpc) is 2.33. The maximum Gasteiger partial charge on any atom is 0.0338 e. The first kappa shape index (κ1) is 14.3. The highest BCUT2D eigenvalue weighted by molar-refractivity contribution is 9.10. The van der Waals surface area contributed by atoms with Crippen LogP contribution >= 0.6 is 15.9 Å². The van der Waals surface area contributed by atoms with Crippen LogP contribution in [0.1, 0.15) is 33.9 Å². The molecule has 2 aromatic rings. The van der Waals surface area contributed by atoms with E-state index in [9.17, 15) is 0 Å². The summed E-state index contributed by atoms with van der Waals surface area (Å²) < 4.78 is 1.11. The van der Waals surface area contributed by atoms with Crippen LogP contribution in [-0.2, 0) is 6.42 Å². The van der Waals surface area contributed by atoms with E-state index in [4.69, 9.17) is 5.73 Å². The molecule has 0 aromatic heterocycles. The lowest BCUT2D eigenvalue weighted by atomic mass is 9.93. The molecule has 100 valence electrons. The highest BCUT2D eigenvalue weighted by Gasteiger charge is 2.11. The van der Waals surface area contributed by atoms with E-state index >= 15 is 0 Å². The van der Waals surface area contributed by atoms with E-state index in [1.54, 1.807) is 0 Å². The minimum Gasteiger partial charge on any atom is -0.324 e. The van der Waals surface area contributed by atoms with Crippen molar-refractivity contribution in [1.82, 2.24) is 0 Å². The lowest BCUT2D eigenvalue weighted by molar-refractivity contribution is 0.715. The molecule has 2 aromatic carbocycles. The summed E-state index contributed by atoms with van der Waals surface area (Å²) in [6.45, 7) is 6.43. The number of rotatable bonds is 3. The van der Waals surface area contributed by atoms with Gasteiger partial charge in [-0.15, -0.1) is 0 Å². The minimum absolute atomic E-state index is 0.0496. The standard InChI is InChI=1S/C17H20BrN/c1-11-7-13(3)16(8-12(11)2)17(19)10-14-5-4-6-15(18)9-14/h4-9,17H,10,19H2,1-3H3. The van der Waals surface area contributed by atoms with Crippen molar-refractivity contribution in [3.05, 3.63) is 68.7 Å². The average molecular weight is 318 g/mol. The molecule has 0 heterocycles. The molecule has 0 fully saturated rings. The number of hydrogen-bond acceptors (Lipinski definition) is 1. The van der Waals surface area contributed by atoms with Gasteiger partial charge in [0.15, 0.2) is 0 Å². The first-order valence-corrected chi connectivity index (χ1v) is 7.34. The van der Waals surface area contributed by atoms with Gasteiger partial charge < -0.3 is 5.73 Å². The Morgan fingerprint density at radius 2 is 1.68 bits per heavy atom. The fourth-order valence-corrected chi connectivity index (χ4v) is 2.86. The Morgan fingerprint density at radius 3 is 2.37 bits per heavy atom. The van der Waals surface area contributed by atoms with Crippen LogP contribution in [-0.4, -0.2) is 0 Å². The molecule has 0 radical (unpaired) electrons. The number of hydrogen-bond donors (Lipinski definition) is 1. The van der Waals surface area contributed by atoms with Gasteiger partial charge >= 0.3 is 0 Å². The largest absolute Gasteiger partial charge is 0.324 e. The van der Waals surface area contributed by atoms with Crippen molar-refractivity contribution in [2.45, 2.75) is 33.2 Å². The molecule has 0 saturated heterocycles. The zero-order valence-electron chi connectivity index (χ0n) is 11.7. The maximum atomic E-state index is 6.38. The van der Waals surface area contributed by atoms with E-state index in [1.165, 1.54) is 27.8 Å². The van der Waals surface area contributed by atoms with Gasteiger partial charge in [-0.2, -0.15) is 0 Å². The lowest BCUT2D eigenvalue weighted by Gasteiger charge is -2.17. The summed E-state index contributed by atoms with van der Waals surface area (Å²) in [6, 6.07) is 12.9. The number of aryl methyl sites for hydroxylation is 3. The van der Waals surface area contributed by atoms with Gasteiger partial charge in [0.25, 0.3) is 0 Å². The lowest BCUT2D eigenvalue weighted by Crippen LogP contribution is -2.15. The SMILES string of the molecule is Cc1cc(C)c(C(N)Cc2cccc(Br)c2)cc1C. The first-order chi connectivity index (χ1) is 8.97. The van der Waals surface area contributed by atoms with Crippen molar-refractivity contribution in [2.75, 3.05) is 0 Å². The zero-order chi connectivity index (χ0) is 14.0. The molecule has 0 aliphatic heterocycles. The van der Waals surface area contributed by atoms with E-state index in [-0.39, 0.29) is 6.04 Å². The second-order valence-corrected chi connectivity index (χ2v) is 6.15. The van der Waals surface area contributed by atoms with Crippen LogP contribution in [0.2, 0.25) is 0 Å². The fraction of sp³-hybridized carbons (Fsp3) is 0.294. The van der Waals surface area contributed by atoms with E-state index in [0.29, 0.717) is 0 Å². The molecule has 0 aliphatic carbocycles. The zero-order valence-corrected chi connectivity index (χ0v) is 13.3. The maximum absolute atomic E-state index is 6.38. The van der Waals surface area contributed by atoms with Crippen LogP contribution in [0.5, 0.6) is 0 Å². The third-order valence-electron chi connectivity index (χ3n) is 3.63. The molecular weight excluding hydrogens is 298 g/mol. The Labute approximate surface area is 124 Å². The molecule has 1 atom stereocenters. The van der Waals surface area contributed by atoms with E-state index in [1.807, 2.05) is 6.07 Å². The minimum atomic E-state index is 0.0496. The Bertz CT molecular complexity index is 590. The van der Waals surface area contributed by atoms with Gasteiger partial charge in [-0.25, -0.2) is 0 Å². The molecule has 2 N–H and O–H groups in total. The molecule has 0 aliphatic rings. The van der Waals surface area contributed by atoms with Crippen LogP contribution in [0.25, 0.3) is 0 Å². The predicted molar refractivity (Wildman–Crippen MR) is 85.4 cm³/mol. The highest BCUT2D eigenvalue weighted by atomic mass is 79.9. The molecule has 1 unspecified atom stereocenters. The Morgan fingerprint density at radius 1 is 1.00 bits per heavy atom. The van der Waals surface area contributed by atoms with Crippen LogP contribution in [0.4, 0.5) is 0 Å². The van der Waals surface area contributed by atoms with Gasteiger partial charge in [-0.05, 0) is 67.1 Å². The van der Waals surface area contributed by atoms with Gasteiger partial charge in [0.2, 0.25) is 0 Å². The third kappa shape index (κ3) is 3.46.